The van der Waals surface area contributed by atoms with Gasteiger partial charge >= 0.3 is 0 Å². The first-order valence-electron chi connectivity index (χ1n) is 9.10. The van der Waals surface area contributed by atoms with Gasteiger partial charge in [-0.2, -0.15) is 5.10 Å². The molecule has 3 rings (SSSR count). The molecular weight excluding hydrogens is 354 g/mol. The molecule has 0 radical (unpaired) electrons. The van der Waals surface area contributed by atoms with Gasteiger partial charge in [0, 0.05) is 13.2 Å². The molecule has 0 saturated carbocycles. The molecule has 3 aromatic rings. The number of aliphatic imine (C=N–C) groups is 1. The molecule has 0 aliphatic carbocycles. The monoisotopic (exact) mass is 379 g/mol. The molecule has 0 unspecified atom stereocenters. The van der Waals surface area contributed by atoms with E-state index in [2.05, 4.69) is 20.7 Å². The zero-order valence-corrected chi connectivity index (χ0v) is 16.1. The second-order valence-corrected chi connectivity index (χ2v) is 5.96. The van der Waals surface area contributed by atoms with E-state index < -0.39 is 0 Å². The predicted octanol–water partition coefficient (Wildman–Crippen LogP) is 2.62. The summed E-state index contributed by atoms with van der Waals surface area (Å²) in [6, 6.07) is 19.5. The lowest BCUT2D eigenvalue weighted by Gasteiger charge is -2.12. The van der Waals surface area contributed by atoms with Crippen molar-refractivity contribution in [3.05, 3.63) is 72.6 Å². The molecule has 146 valence electrons. The third kappa shape index (κ3) is 5.51. The van der Waals surface area contributed by atoms with Crippen LogP contribution in [0, 0.1) is 0 Å². The van der Waals surface area contributed by atoms with Crippen molar-refractivity contribution in [2.24, 2.45) is 4.99 Å². The predicted molar refractivity (Wildman–Crippen MR) is 110 cm³/mol. The highest BCUT2D eigenvalue weighted by atomic mass is 16.5. The van der Waals surface area contributed by atoms with Crippen LogP contribution in [0.2, 0.25) is 0 Å². The Hall–Kier alpha value is -3.48. The summed E-state index contributed by atoms with van der Waals surface area (Å²) >= 11 is 0. The normalized spacial score (nSPS) is 11.1. The van der Waals surface area contributed by atoms with Crippen LogP contribution in [0.25, 0.3) is 5.69 Å². The largest absolute Gasteiger partial charge is 0.497 e. The summed E-state index contributed by atoms with van der Waals surface area (Å²) in [5.41, 5.74) is 1.97. The molecule has 0 saturated heterocycles. The summed E-state index contributed by atoms with van der Waals surface area (Å²) in [5.74, 6) is 2.31. The standard InChI is InChI=1S/C21H25N5O2/c1-22-21(23-13-15-28-20-10-8-19(27-2)9-11-20)24-16-17-12-14-26(25-17)18-6-4-3-5-7-18/h3-12,14H,13,15-16H2,1-2H3,(H2,22,23,24). The molecule has 0 aliphatic rings. The number of guanidine groups is 1. The van der Waals surface area contributed by atoms with E-state index in [0.717, 1.165) is 22.9 Å². The molecular formula is C21H25N5O2. The zero-order chi connectivity index (χ0) is 19.6. The second kappa shape index (κ2) is 10.0. The van der Waals surface area contributed by atoms with Crippen LogP contribution in [0.5, 0.6) is 11.5 Å². The molecule has 0 aliphatic heterocycles. The van der Waals surface area contributed by atoms with Crippen LogP contribution in [0.15, 0.2) is 71.9 Å². The lowest BCUT2D eigenvalue weighted by atomic mass is 10.3. The van der Waals surface area contributed by atoms with Crippen LogP contribution >= 0.6 is 0 Å². The van der Waals surface area contributed by atoms with Gasteiger partial charge in [0.1, 0.15) is 18.1 Å². The van der Waals surface area contributed by atoms with Crippen molar-refractivity contribution in [1.82, 2.24) is 20.4 Å². The summed E-state index contributed by atoms with van der Waals surface area (Å²) in [6.45, 7) is 1.73. The number of benzene rings is 2. The Kier molecular flexibility index (Phi) is 6.89. The fourth-order valence-electron chi connectivity index (χ4n) is 2.59. The number of para-hydroxylation sites is 1. The van der Waals surface area contributed by atoms with E-state index in [9.17, 15) is 0 Å². The van der Waals surface area contributed by atoms with Gasteiger partial charge in [0.05, 0.1) is 31.6 Å². The molecule has 1 heterocycles. The van der Waals surface area contributed by atoms with Crippen molar-refractivity contribution in [2.75, 3.05) is 27.3 Å². The summed E-state index contributed by atoms with van der Waals surface area (Å²) in [7, 11) is 3.38. The van der Waals surface area contributed by atoms with Crippen molar-refractivity contribution < 1.29 is 9.47 Å². The molecule has 0 fully saturated rings. The Morgan fingerprint density at radius 1 is 1.00 bits per heavy atom. The van der Waals surface area contributed by atoms with Crippen molar-refractivity contribution in [2.45, 2.75) is 6.54 Å². The van der Waals surface area contributed by atoms with Crippen molar-refractivity contribution in [1.29, 1.82) is 0 Å². The summed E-state index contributed by atoms with van der Waals surface area (Å²) in [6.07, 6.45) is 1.95. The van der Waals surface area contributed by atoms with Gasteiger partial charge in [-0.15, -0.1) is 0 Å². The van der Waals surface area contributed by atoms with Crippen LogP contribution in [-0.2, 0) is 6.54 Å². The molecule has 28 heavy (non-hydrogen) atoms. The van der Waals surface area contributed by atoms with E-state index in [1.807, 2.05) is 71.5 Å². The van der Waals surface area contributed by atoms with Crippen molar-refractivity contribution in [3.8, 4) is 17.2 Å². The van der Waals surface area contributed by atoms with E-state index in [0.29, 0.717) is 25.7 Å². The number of ether oxygens (including phenoxy) is 2. The molecule has 7 nitrogen and oxygen atoms in total. The maximum Gasteiger partial charge on any atom is 0.191 e. The minimum absolute atomic E-state index is 0.523. The highest BCUT2D eigenvalue weighted by Gasteiger charge is 2.03. The first-order valence-corrected chi connectivity index (χ1v) is 9.10. The first-order chi connectivity index (χ1) is 13.8. The lowest BCUT2D eigenvalue weighted by molar-refractivity contribution is 0.321. The van der Waals surface area contributed by atoms with Gasteiger partial charge < -0.3 is 20.1 Å². The summed E-state index contributed by atoms with van der Waals surface area (Å²) in [4.78, 5) is 4.22. The molecule has 2 N–H and O–H groups in total. The van der Waals surface area contributed by atoms with Gasteiger partial charge in [-0.25, -0.2) is 4.68 Å². The van der Waals surface area contributed by atoms with Crippen LogP contribution in [0.4, 0.5) is 0 Å². The minimum Gasteiger partial charge on any atom is -0.497 e. The molecule has 0 bridgehead atoms. The van der Waals surface area contributed by atoms with E-state index in [1.165, 1.54) is 0 Å². The number of aromatic nitrogens is 2. The fourth-order valence-corrected chi connectivity index (χ4v) is 2.59. The Labute approximate surface area is 165 Å². The van der Waals surface area contributed by atoms with Crippen LogP contribution in [0.3, 0.4) is 0 Å². The lowest BCUT2D eigenvalue weighted by Crippen LogP contribution is -2.39. The van der Waals surface area contributed by atoms with Gasteiger partial charge in [-0.05, 0) is 42.5 Å². The Balaban J connectivity index is 1.40. The quantitative estimate of drug-likeness (QED) is 0.358. The molecule has 1 aromatic heterocycles. The molecule has 0 amide bonds. The fraction of sp³-hybridized carbons (Fsp3) is 0.238. The van der Waals surface area contributed by atoms with Crippen LogP contribution in [-0.4, -0.2) is 43.0 Å². The average Bonchev–Trinajstić information content (AvgIpc) is 3.23. The van der Waals surface area contributed by atoms with E-state index in [4.69, 9.17) is 9.47 Å². The van der Waals surface area contributed by atoms with Gasteiger partial charge in [0.15, 0.2) is 5.96 Å². The van der Waals surface area contributed by atoms with Crippen LogP contribution < -0.4 is 20.1 Å². The van der Waals surface area contributed by atoms with Gasteiger partial charge in [-0.3, -0.25) is 4.99 Å². The Morgan fingerprint density at radius 2 is 1.75 bits per heavy atom. The number of nitrogens with one attached hydrogen (secondary N) is 2. The van der Waals surface area contributed by atoms with Gasteiger partial charge in [-0.1, -0.05) is 18.2 Å². The number of hydrogen-bond donors (Lipinski definition) is 2. The molecule has 0 spiro atoms. The number of methoxy groups -OCH3 is 1. The van der Waals surface area contributed by atoms with Gasteiger partial charge in [0.2, 0.25) is 0 Å². The van der Waals surface area contributed by atoms with Crippen molar-refractivity contribution in [3.63, 3.8) is 0 Å². The van der Waals surface area contributed by atoms with E-state index in [-0.39, 0.29) is 0 Å². The number of rotatable bonds is 8. The van der Waals surface area contributed by atoms with Gasteiger partial charge in [0.25, 0.3) is 0 Å². The van der Waals surface area contributed by atoms with E-state index >= 15 is 0 Å². The number of nitrogens with zero attached hydrogens (tertiary/aromatic N) is 3. The Morgan fingerprint density at radius 3 is 2.46 bits per heavy atom. The average molecular weight is 379 g/mol. The maximum absolute atomic E-state index is 5.70. The Bertz CT molecular complexity index is 875. The zero-order valence-electron chi connectivity index (χ0n) is 16.1. The highest BCUT2D eigenvalue weighted by Crippen LogP contribution is 2.16. The van der Waals surface area contributed by atoms with Crippen LogP contribution in [0.1, 0.15) is 5.69 Å². The third-order valence-corrected chi connectivity index (χ3v) is 4.05. The highest BCUT2D eigenvalue weighted by molar-refractivity contribution is 5.79. The first kappa shape index (κ1) is 19.3. The molecule has 7 heteroatoms. The third-order valence-electron chi connectivity index (χ3n) is 4.05. The summed E-state index contributed by atoms with van der Waals surface area (Å²) < 4.78 is 12.7. The number of hydrogen-bond acceptors (Lipinski definition) is 4. The maximum atomic E-state index is 5.70. The topological polar surface area (TPSA) is 72.7 Å². The van der Waals surface area contributed by atoms with Crippen molar-refractivity contribution >= 4 is 5.96 Å². The summed E-state index contributed by atoms with van der Waals surface area (Å²) in [5, 5.41) is 11.1. The smallest absolute Gasteiger partial charge is 0.191 e. The SMILES string of the molecule is CN=C(NCCOc1ccc(OC)cc1)NCc1ccn(-c2ccccc2)n1. The van der Waals surface area contributed by atoms with E-state index in [1.54, 1.807) is 14.2 Å². The molecule has 2 aromatic carbocycles. The molecule has 0 atom stereocenters. The minimum atomic E-state index is 0.523. The second-order valence-electron chi connectivity index (χ2n) is 5.96.